The largest absolute Gasteiger partial charge is 0.306 e. The minimum atomic E-state index is 0.478. The number of isocyanates is 1. The Labute approximate surface area is 79.1 Å². The Balaban J connectivity index is 2.11. The molecule has 3 heteroatoms. The summed E-state index contributed by atoms with van der Waals surface area (Å²) in [5.74, 6) is 0.793. The van der Waals surface area contributed by atoms with Crippen molar-refractivity contribution in [2.24, 2.45) is 10.9 Å². The Hall–Kier alpha value is -0.920. The molecule has 72 valence electrons. The molecule has 13 heavy (non-hydrogen) atoms. The molecule has 1 atom stereocenters. The number of allylic oxidation sites excluding steroid dienone is 1. The van der Waals surface area contributed by atoms with E-state index in [0.717, 1.165) is 12.3 Å². The van der Waals surface area contributed by atoms with Gasteiger partial charge in [-0.2, -0.15) is 0 Å². The van der Waals surface area contributed by atoms with Crippen molar-refractivity contribution in [1.82, 2.24) is 4.90 Å². The molecule has 0 radical (unpaired) electrons. The van der Waals surface area contributed by atoms with Crippen LogP contribution in [0.5, 0.6) is 0 Å². The van der Waals surface area contributed by atoms with Crippen LogP contribution >= 0.6 is 0 Å². The Morgan fingerprint density at radius 1 is 1.62 bits per heavy atom. The van der Waals surface area contributed by atoms with E-state index in [-0.39, 0.29) is 0 Å². The fourth-order valence-electron chi connectivity index (χ4n) is 1.67. The summed E-state index contributed by atoms with van der Waals surface area (Å²) >= 11 is 0. The lowest BCUT2D eigenvalue weighted by atomic mass is 10.1. The number of carbonyl (C=O) groups excluding carboxylic acids is 1. The predicted molar refractivity (Wildman–Crippen MR) is 52.3 cm³/mol. The maximum atomic E-state index is 9.73. The number of nitrogens with zero attached hydrogens (tertiary/aromatic N) is 2. The van der Waals surface area contributed by atoms with Crippen molar-refractivity contribution in [2.75, 3.05) is 26.7 Å². The number of likely N-dealkylation sites (tertiary alicyclic amines) is 1. The second kappa shape index (κ2) is 5.68. The minimum absolute atomic E-state index is 0.478. The van der Waals surface area contributed by atoms with Gasteiger partial charge >= 0.3 is 0 Å². The summed E-state index contributed by atoms with van der Waals surface area (Å²) < 4.78 is 0. The van der Waals surface area contributed by atoms with E-state index in [9.17, 15) is 4.79 Å². The van der Waals surface area contributed by atoms with Gasteiger partial charge < -0.3 is 4.90 Å². The Morgan fingerprint density at radius 2 is 2.46 bits per heavy atom. The fourth-order valence-corrected chi connectivity index (χ4v) is 1.67. The SMILES string of the molecule is CN1CCC(C/C=C\CN=C=O)C1. The van der Waals surface area contributed by atoms with E-state index in [4.69, 9.17) is 0 Å². The standard InChI is InChI=1S/C10H16N2O/c1-12-7-5-10(8-12)4-2-3-6-11-9-13/h2-3,10H,4-8H2,1H3/b3-2-. The van der Waals surface area contributed by atoms with Gasteiger partial charge in [-0.25, -0.2) is 9.79 Å². The summed E-state index contributed by atoms with van der Waals surface area (Å²) in [6.45, 7) is 2.89. The topological polar surface area (TPSA) is 32.7 Å². The molecule has 3 nitrogen and oxygen atoms in total. The first-order valence-electron chi connectivity index (χ1n) is 4.70. The van der Waals surface area contributed by atoms with Crippen LogP contribution in [0.3, 0.4) is 0 Å². The zero-order chi connectivity index (χ0) is 9.52. The van der Waals surface area contributed by atoms with Gasteiger partial charge in [0.2, 0.25) is 6.08 Å². The van der Waals surface area contributed by atoms with Crippen LogP contribution in [0.4, 0.5) is 0 Å². The van der Waals surface area contributed by atoms with Gasteiger partial charge in [-0.3, -0.25) is 0 Å². The van der Waals surface area contributed by atoms with E-state index in [2.05, 4.69) is 23.0 Å². The summed E-state index contributed by atoms with van der Waals surface area (Å²) in [6, 6.07) is 0. The summed E-state index contributed by atoms with van der Waals surface area (Å²) in [5, 5.41) is 0. The van der Waals surface area contributed by atoms with Gasteiger partial charge in [-0.05, 0) is 32.4 Å². The average molecular weight is 180 g/mol. The van der Waals surface area contributed by atoms with Gasteiger partial charge in [0.05, 0.1) is 6.54 Å². The molecule has 0 aromatic rings. The lowest BCUT2D eigenvalue weighted by Gasteiger charge is -2.06. The molecular weight excluding hydrogens is 164 g/mol. The zero-order valence-corrected chi connectivity index (χ0v) is 8.07. The Bertz CT molecular complexity index is 219. The Kier molecular flexibility index (Phi) is 4.44. The number of aliphatic imine (C=N–C) groups is 1. The molecule has 0 aliphatic carbocycles. The van der Waals surface area contributed by atoms with Crippen LogP contribution in [-0.4, -0.2) is 37.7 Å². The van der Waals surface area contributed by atoms with Crippen LogP contribution in [-0.2, 0) is 4.79 Å². The molecule has 0 spiro atoms. The second-order valence-electron chi connectivity index (χ2n) is 3.56. The van der Waals surface area contributed by atoms with Crippen molar-refractivity contribution in [3.8, 4) is 0 Å². The van der Waals surface area contributed by atoms with E-state index in [0.29, 0.717) is 6.54 Å². The molecule has 1 rings (SSSR count). The summed E-state index contributed by atoms with van der Waals surface area (Å²) in [6.07, 6.45) is 7.97. The summed E-state index contributed by atoms with van der Waals surface area (Å²) in [5.41, 5.74) is 0. The summed E-state index contributed by atoms with van der Waals surface area (Å²) in [7, 11) is 2.15. The van der Waals surface area contributed by atoms with Gasteiger partial charge in [0, 0.05) is 6.54 Å². The minimum Gasteiger partial charge on any atom is -0.306 e. The fraction of sp³-hybridized carbons (Fsp3) is 0.700. The molecule has 1 unspecified atom stereocenters. The van der Waals surface area contributed by atoms with Gasteiger partial charge in [-0.1, -0.05) is 12.2 Å². The number of rotatable bonds is 4. The van der Waals surface area contributed by atoms with E-state index >= 15 is 0 Å². The summed E-state index contributed by atoms with van der Waals surface area (Å²) in [4.78, 5) is 15.5. The van der Waals surface area contributed by atoms with Crippen molar-refractivity contribution in [3.63, 3.8) is 0 Å². The maximum Gasteiger partial charge on any atom is 0.235 e. The highest BCUT2D eigenvalue weighted by atomic mass is 16.1. The molecule has 1 fully saturated rings. The highest BCUT2D eigenvalue weighted by Gasteiger charge is 2.17. The lowest BCUT2D eigenvalue weighted by molar-refractivity contribution is 0.396. The van der Waals surface area contributed by atoms with Crippen molar-refractivity contribution in [2.45, 2.75) is 12.8 Å². The first-order chi connectivity index (χ1) is 6.33. The van der Waals surface area contributed by atoms with E-state index < -0.39 is 0 Å². The van der Waals surface area contributed by atoms with Crippen LogP contribution < -0.4 is 0 Å². The first-order valence-corrected chi connectivity index (χ1v) is 4.70. The molecule has 0 aromatic heterocycles. The molecular formula is C10H16N2O. The third-order valence-electron chi connectivity index (χ3n) is 2.39. The molecule has 1 heterocycles. The number of hydrogen-bond acceptors (Lipinski definition) is 3. The van der Waals surface area contributed by atoms with Crippen LogP contribution in [0.2, 0.25) is 0 Å². The number of hydrogen-bond donors (Lipinski definition) is 0. The van der Waals surface area contributed by atoms with Crippen molar-refractivity contribution >= 4 is 6.08 Å². The lowest BCUT2D eigenvalue weighted by Crippen LogP contribution is -2.13. The normalized spacial score (nSPS) is 23.6. The monoisotopic (exact) mass is 180 g/mol. The van der Waals surface area contributed by atoms with Crippen LogP contribution in [0.15, 0.2) is 17.1 Å². The van der Waals surface area contributed by atoms with Crippen molar-refractivity contribution < 1.29 is 4.79 Å². The molecule has 0 bridgehead atoms. The van der Waals surface area contributed by atoms with Gasteiger partial charge in [0.25, 0.3) is 0 Å². The molecule has 1 aliphatic rings. The van der Waals surface area contributed by atoms with Gasteiger partial charge in [-0.15, -0.1) is 0 Å². The smallest absolute Gasteiger partial charge is 0.235 e. The van der Waals surface area contributed by atoms with Crippen molar-refractivity contribution in [3.05, 3.63) is 12.2 Å². The maximum absolute atomic E-state index is 9.73. The van der Waals surface area contributed by atoms with E-state index in [1.54, 1.807) is 0 Å². The predicted octanol–water partition coefficient (Wildman–Crippen LogP) is 1.22. The third-order valence-corrected chi connectivity index (χ3v) is 2.39. The molecule has 1 saturated heterocycles. The molecule has 0 aromatic carbocycles. The van der Waals surface area contributed by atoms with Gasteiger partial charge in [0.1, 0.15) is 0 Å². The van der Waals surface area contributed by atoms with Crippen LogP contribution in [0, 0.1) is 5.92 Å². The molecule has 0 amide bonds. The van der Waals surface area contributed by atoms with E-state index in [1.807, 2.05) is 6.08 Å². The average Bonchev–Trinajstić information content (AvgIpc) is 2.51. The van der Waals surface area contributed by atoms with Gasteiger partial charge in [0.15, 0.2) is 0 Å². The first kappa shape index (κ1) is 10.2. The highest BCUT2D eigenvalue weighted by molar-refractivity contribution is 5.33. The molecule has 0 saturated carbocycles. The zero-order valence-electron chi connectivity index (χ0n) is 8.07. The third kappa shape index (κ3) is 4.02. The van der Waals surface area contributed by atoms with Crippen LogP contribution in [0.25, 0.3) is 0 Å². The Morgan fingerprint density at radius 3 is 3.08 bits per heavy atom. The highest BCUT2D eigenvalue weighted by Crippen LogP contribution is 2.17. The quantitative estimate of drug-likeness (QED) is 0.370. The second-order valence-corrected chi connectivity index (χ2v) is 3.56. The molecule has 1 aliphatic heterocycles. The van der Waals surface area contributed by atoms with Crippen molar-refractivity contribution in [1.29, 1.82) is 0 Å². The molecule has 0 N–H and O–H groups in total. The van der Waals surface area contributed by atoms with E-state index in [1.165, 1.54) is 25.6 Å². The van der Waals surface area contributed by atoms with Crippen LogP contribution in [0.1, 0.15) is 12.8 Å².